The van der Waals surface area contributed by atoms with Gasteiger partial charge in [0.2, 0.25) is 5.91 Å². The second-order valence-electron chi connectivity index (χ2n) is 6.87. The maximum absolute atomic E-state index is 12.9. The van der Waals surface area contributed by atoms with Gasteiger partial charge in [-0.2, -0.15) is 0 Å². The van der Waals surface area contributed by atoms with Crippen LogP contribution in [0.5, 0.6) is 0 Å². The molecule has 0 N–H and O–H groups in total. The number of fused-ring (bicyclic) bond motifs is 1. The number of imidazole rings is 1. The number of aryl methyl sites for hydroxylation is 1. The Labute approximate surface area is 147 Å². The van der Waals surface area contributed by atoms with E-state index in [2.05, 4.69) is 11.1 Å². The number of hydrogen-bond donors (Lipinski definition) is 0. The first-order chi connectivity index (χ1) is 12.1. The van der Waals surface area contributed by atoms with E-state index in [-0.39, 0.29) is 17.7 Å². The van der Waals surface area contributed by atoms with Crippen LogP contribution in [0.4, 0.5) is 5.69 Å². The average Bonchev–Trinajstić information content (AvgIpc) is 3.31. The normalized spacial score (nSPS) is 19.6. The van der Waals surface area contributed by atoms with Gasteiger partial charge < -0.3 is 14.4 Å². The van der Waals surface area contributed by atoms with Crippen LogP contribution in [0.3, 0.4) is 0 Å². The van der Waals surface area contributed by atoms with Crippen molar-refractivity contribution < 1.29 is 9.59 Å². The number of amides is 2. The van der Waals surface area contributed by atoms with E-state index in [1.54, 1.807) is 17.1 Å². The summed E-state index contributed by atoms with van der Waals surface area (Å²) < 4.78 is 1.78. The summed E-state index contributed by atoms with van der Waals surface area (Å²) >= 11 is 0. The third-order valence-corrected chi connectivity index (χ3v) is 5.16. The minimum Gasteiger partial charge on any atom is -0.343 e. The molecule has 1 atom stereocenters. The van der Waals surface area contributed by atoms with Gasteiger partial charge in [0.05, 0.1) is 6.33 Å². The average molecular weight is 338 g/mol. The van der Waals surface area contributed by atoms with E-state index < -0.39 is 0 Å². The lowest BCUT2D eigenvalue weighted by molar-refractivity contribution is -0.127. The highest BCUT2D eigenvalue weighted by Crippen LogP contribution is 2.38. The van der Waals surface area contributed by atoms with Crippen molar-refractivity contribution in [1.82, 2.24) is 14.5 Å². The van der Waals surface area contributed by atoms with E-state index in [4.69, 9.17) is 0 Å². The first kappa shape index (κ1) is 15.9. The quantitative estimate of drug-likeness (QED) is 0.858. The number of nitrogens with zero attached hydrogens (tertiary/aromatic N) is 4. The van der Waals surface area contributed by atoms with Crippen LogP contribution in [0.2, 0.25) is 0 Å². The summed E-state index contributed by atoms with van der Waals surface area (Å²) in [5.74, 6) is 0.456. The van der Waals surface area contributed by atoms with E-state index in [0.29, 0.717) is 18.7 Å². The van der Waals surface area contributed by atoms with E-state index in [9.17, 15) is 9.59 Å². The predicted molar refractivity (Wildman–Crippen MR) is 94.5 cm³/mol. The fourth-order valence-electron chi connectivity index (χ4n) is 3.85. The molecular formula is C19H22N4O2. The molecule has 1 saturated heterocycles. The van der Waals surface area contributed by atoms with Gasteiger partial charge in [0.25, 0.3) is 5.91 Å². The number of aromatic nitrogens is 2. The summed E-state index contributed by atoms with van der Waals surface area (Å²) in [6.45, 7) is 2.28. The topological polar surface area (TPSA) is 58.4 Å². The molecule has 0 saturated carbocycles. The van der Waals surface area contributed by atoms with Gasteiger partial charge in [-0.3, -0.25) is 9.59 Å². The smallest absolute Gasteiger partial charge is 0.278 e. The SMILES string of the molecule is Cn1cnc(C(=O)N2C[C@@H](CCN3CCCC3=O)c3ccccc32)c1. The summed E-state index contributed by atoms with van der Waals surface area (Å²) in [7, 11) is 1.86. The third-order valence-electron chi connectivity index (χ3n) is 5.16. The Hall–Kier alpha value is -2.63. The lowest BCUT2D eigenvalue weighted by Crippen LogP contribution is -2.31. The van der Waals surface area contributed by atoms with Crippen LogP contribution >= 0.6 is 0 Å². The molecule has 2 aliphatic rings. The Morgan fingerprint density at radius 2 is 2.16 bits per heavy atom. The van der Waals surface area contributed by atoms with Gasteiger partial charge in [0, 0.05) is 50.9 Å². The zero-order valence-electron chi connectivity index (χ0n) is 14.4. The van der Waals surface area contributed by atoms with E-state index >= 15 is 0 Å². The van der Waals surface area contributed by atoms with E-state index in [1.807, 2.05) is 35.0 Å². The van der Waals surface area contributed by atoms with Crippen molar-refractivity contribution >= 4 is 17.5 Å². The second kappa shape index (κ2) is 6.35. The maximum Gasteiger partial charge on any atom is 0.278 e. The molecule has 1 aromatic heterocycles. The monoisotopic (exact) mass is 338 g/mol. The molecular weight excluding hydrogens is 316 g/mol. The largest absolute Gasteiger partial charge is 0.343 e. The Bertz CT molecular complexity index is 813. The van der Waals surface area contributed by atoms with Gasteiger partial charge in [-0.15, -0.1) is 0 Å². The predicted octanol–water partition coefficient (Wildman–Crippen LogP) is 2.18. The van der Waals surface area contributed by atoms with Crippen LogP contribution in [-0.2, 0) is 11.8 Å². The molecule has 0 bridgehead atoms. The van der Waals surface area contributed by atoms with Gasteiger partial charge in [-0.05, 0) is 24.5 Å². The standard InChI is InChI=1S/C19H22N4O2/c1-21-12-16(20-13-21)19(25)23-11-14(15-5-2-3-6-17(15)23)8-10-22-9-4-7-18(22)24/h2-3,5-6,12-14H,4,7-11H2,1H3/t14-/m1/s1. The van der Waals surface area contributed by atoms with Crippen LogP contribution in [0.25, 0.3) is 0 Å². The van der Waals surface area contributed by atoms with Crippen LogP contribution in [0.1, 0.15) is 41.2 Å². The minimum atomic E-state index is -0.0622. The highest BCUT2D eigenvalue weighted by molar-refractivity contribution is 6.06. The fraction of sp³-hybridized carbons (Fsp3) is 0.421. The van der Waals surface area contributed by atoms with Gasteiger partial charge >= 0.3 is 0 Å². The number of para-hydroxylation sites is 1. The zero-order chi connectivity index (χ0) is 17.4. The van der Waals surface area contributed by atoms with Crippen molar-refractivity contribution in [3.8, 4) is 0 Å². The van der Waals surface area contributed by atoms with Gasteiger partial charge in [0.15, 0.2) is 0 Å². The number of anilines is 1. The number of hydrogen-bond acceptors (Lipinski definition) is 3. The van der Waals surface area contributed by atoms with Crippen molar-refractivity contribution in [2.45, 2.75) is 25.2 Å². The van der Waals surface area contributed by atoms with Crippen molar-refractivity contribution in [2.75, 3.05) is 24.5 Å². The number of rotatable bonds is 4. The number of benzene rings is 1. The molecule has 0 radical (unpaired) electrons. The molecule has 2 aliphatic heterocycles. The summed E-state index contributed by atoms with van der Waals surface area (Å²) in [4.78, 5) is 32.7. The van der Waals surface area contributed by atoms with Gasteiger partial charge in [-0.1, -0.05) is 18.2 Å². The highest BCUT2D eigenvalue weighted by atomic mass is 16.2. The molecule has 130 valence electrons. The number of carbonyl (C=O) groups is 2. The first-order valence-corrected chi connectivity index (χ1v) is 8.80. The van der Waals surface area contributed by atoms with Crippen LogP contribution < -0.4 is 4.90 Å². The van der Waals surface area contributed by atoms with Crippen LogP contribution in [0.15, 0.2) is 36.8 Å². The van der Waals surface area contributed by atoms with Crippen LogP contribution in [-0.4, -0.2) is 45.9 Å². The van der Waals surface area contributed by atoms with Crippen molar-refractivity contribution in [3.05, 3.63) is 48.0 Å². The molecule has 6 nitrogen and oxygen atoms in total. The van der Waals surface area contributed by atoms with E-state index in [1.165, 1.54) is 5.56 Å². The van der Waals surface area contributed by atoms with Crippen LogP contribution in [0, 0.1) is 0 Å². The summed E-state index contributed by atoms with van der Waals surface area (Å²) in [6.07, 6.45) is 5.91. The molecule has 2 aromatic rings. The molecule has 4 rings (SSSR count). The van der Waals surface area contributed by atoms with Gasteiger partial charge in [-0.25, -0.2) is 4.98 Å². The number of likely N-dealkylation sites (tertiary alicyclic amines) is 1. The Balaban J connectivity index is 1.53. The molecule has 25 heavy (non-hydrogen) atoms. The second-order valence-corrected chi connectivity index (χ2v) is 6.87. The highest BCUT2D eigenvalue weighted by Gasteiger charge is 2.34. The summed E-state index contributed by atoms with van der Waals surface area (Å²) in [6, 6.07) is 8.07. The molecule has 1 fully saturated rings. The molecule has 0 spiro atoms. The minimum absolute atomic E-state index is 0.0622. The Morgan fingerprint density at radius 1 is 1.32 bits per heavy atom. The van der Waals surface area contributed by atoms with E-state index in [0.717, 1.165) is 31.6 Å². The molecule has 2 amide bonds. The summed E-state index contributed by atoms with van der Waals surface area (Å²) in [5, 5.41) is 0. The lowest BCUT2D eigenvalue weighted by Gasteiger charge is -2.19. The van der Waals surface area contributed by atoms with Crippen molar-refractivity contribution in [3.63, 3.8) is 0 Å². The Morgan fingerprint density at radius 3 is 2.88 bits per heavy atom. The molecule has 0 unspecified atom stereocenters. The van der Waals surface area contributed by atoms with Gasteiger partial charge in [0.1, 0.15) is 5.69 Å². The van der Waals surface area contributed by atoms with Crippen molar-refractivity contribution in [1.29, 1.82) is 0 Å². The molecule has 3 heterocycles. The lowest BCUT2D eigenvalue weighted by atomic mass is 9.98. The summed E-state index contributed by atoms with van der Waals surface area (Å²) in [5.41, 5.74) is 2.63. The Kier molecular flexibility index (Phi) is 4.03. The van der Waals surface area contributed by atoms with Crippen molar-refractivity contribution in [2.24, 2.45) is 7.05 Å². The fourth-order valence-corrected chi connectivity index (χ4v) is 3.85. The zero-order valence-corrected chi connectivity index (χ0v) is 14.4. The third kappa shape index (κ3) is 2.92. The molecule has 1 aromatic carbocycles. The first-order valence-electron chi connectivity index (χ1n) is 8.80. The molecule has 0 aliphatic carbocycles. The molecule has 6 heteroatoms. The maximum atomic E-state index is 12.9. The number of carbonyl (C=O) groups excluding carboxylic acids is 2.